The van der Waals surface area contributed by atoms with Crippen LogP contribution in [0.2, 0.25) is 0 Å². The van der Waals surface area contributed by atoms with E-state index in [1.165, 1.54) is 18.9 Å². The second kappa shape index (κ2) is 7.09. The molecule has 0 fully saturated rings. The Labute approximate surface area is 104 Å². The van der Waals surface area contributed by atoms with E-state index in [1.807, 2.05) is 0 Å². The van der Waals surface area contributed by atoms with E-state index in [0.29, 0.717) is 17.7 Å². The van der Waals surface area contributed by atoms with Crippen molar-refractivity contribution in [1.82, 2.24) is 0 Å². The molecular formula is C12H14O4S. The Hall–Kier alpha value is -1.33. The Kier molecular flexibility index (Phi) is 5.72. The molecule has 0 bridgehead atoms. The summed E-state index contributed by atoms with van der Waals surface area (Å²) in [5.74, 6) is 0.0948. The van der Waals surface area contributed by atoms with Gasteiger partial charge in [-0.15, -0.1) is 11.8 Å². The lowest BCUT2D eigenvalue weighted by molar-refractivity contribution is -0.121. The fourth-order valence-corrected chi connectivity index (χ4v) is 2.06. The molecule has 4 nitrogen and oxygen atoms in total. The van der Waals surface area contributed by atoms with Gasteiger partial charge in [0.25, 0.3) is 0 Å². The molecule has 17 heavy (non-hydrogen) atoms. The number of thioether (sulfide) groups is 1. The molecule has 5 heteroatoms. The third-order valence-corrected chi connectivity index (χ3v) is 3.12. The maximum Gasteiger partial charge on any atom is 0.337 e. The molecule has 1 aromatic carbocycles. The van der Waals surface area contributed by atoms with E-state index in [-0.39, 0.29) is 11.8 Å². The summed E-state index contributed by atoms with van der Waals surface area (Å²) in [6, 6.07) is 6.98. The number of ether oxygens (including phenoxy) is 1. The summed E-state index contributed by atoms with van der Waals surface area (Å²) in [5.41, 5.74) is 0.503. The van der Waals surface area contributed by atoms with Gasteiger partial charge >= 0.3 is 5.97 Å². The number of aliphatic hydroxyl groups excluding tert-OH is 1. The van der Waals surface area contributed by atoms with E-state index < -0.39 is 6.61 Å². The zero-order valence-corrected chi connectivity index (χ0v) is 10.3. The minimum absolute atomic E-state index is 0.163. The van der Waals surface area contributed by atoms with Gasteiger partial charge in [-0.2, -0.15) is 0 Å². The summed E-state index contributed by atoms with van der Waals surface area (Å²) < 4.78 is 4.59. The molecular weight excluding hydrogens is 240 g/mol. The number of carbonyl (C=O) groups excluding carboxylic acids is 2. The Balaban J connectivity index is 2.46. The molecule has 0 spiro atoms. The van der Waals surface area contributed by atoms with Crippen LogP contribution >= 0.6 is 11.8 Å². The maximum absolute atomic E-state index is 11.2. The Morgan fingerprint density at radius 1 is 1.29 bits per heavy atom. The lowest BCUT2D eigenvalue weighted by Crippen LogP contribution is -2.04. The molecule has 0 saturated heterocycles. The first-order chi connectivity index (χ1) is 8.17. The zero-order chi connectivity index (χ0) is 12.7. The van der Waals surface area contributed by atoms with Crippen LogP contribution in [0.25, 0.3) is 0 Å². The number of esters is 1. The van der Waals surface area contributed by atoms with Crippen LogP contribution < -0.4 is 0 Å². The van der Waals surface area contributed by atoms with Crippen LogP contribution in [-0.4, -0.2) is 36.3 Å². The molecule has 92 valence electrons. The predicted octanol–water partition coefficient (Wildman–Crippen LogP) is 1.52. The van der Waals surface area contributed by atoms with Gasteiger partial charge in [-0.05, 0) is 24.3 Å². The average molecular weight is 254 g/mol. The van der Waals surface area contributed by atoms with E-state index in [4.69, 9.17) is 5.11 Å². The third kappa shape index (κ3) is 4.58. The van der Waals surface area contributed by atoms with Crippen molar-refractivity contribution in [3.63, 3.8) is 0 Å². The maximum atomic E-state index is 11.2. The molecule has 0 unspecified atom stereocenters. The lowest BCUT2D eigenvalue weighted by Gasteiger charge is -2.02. The highest BCUT2D eigenvalue weighted by Crippen LogP contribution is 2.19. The summed E-state index contributed by atoms with van der Waals surface area (Å²) in [5, 5.41) is 8.55. The van der Waals surface area contributed by atoms with Crippen LogP contribution in [0.4, 0.5) is 0 Å². The molecule has 0 aliphatic heterocycles. The number of Topliss-reactive ketones (excluding diaryl/α,β-unsaturated/α-hetero) is 1. The largest absolute Gasteiger partial charge is 0.465 e. The molecule has 1 aromatic rings. The van der Waals surface area contributed by atoms with Gasteiger partial charge in [0.2, 0.25) is 0 Å². The number of benzene rings is 1. The van der Waals surface area contributed by atoms with Crippen LogP contribution in [0.15, 0.2) is 29.2 Å². The minimum Gasteiger partial charge on any atom is -0.465 e. The van der Waals surface area contributed by atoms with Gasteiger partial charge in [0.05, 0.1) is 12.7 Å². The third-order valence-electron chi connectivity index (χ3n) is 2.10. The van der Waals surface area contributed by atoms with Crippen molar-refractivity contribution in [3.05, 3.63) is 29.8 Å². The van der Waals surface area contributed by atoms with Gasteiger partial charge in [-0.25, -0.2) is 4.79 Å². The molecule has 0 amide bonds. The average Bonchev–Trinajstić information content (AvgIpc) is 2.38. The number of hydrogen-bond acceptors (Lipinski definition) is 5. The summed E-state index contributed by atoms with van der Waals surface area (Å²) in [4.78, 5) is 23.0. The highest BCUT2D eigenvalue weighted by molar-refractivity contribution is 7.99. The second-order valence-corrected chi connectivity index (χ2v) is 4.48. The van der Waals surface area contributed by atoms with Crippen molar-refractivity contribution in [1.29, 1.82) is 0 Å². The van der Waals surface area contributed by atoms with E-state index in [0.717, 1.165) is 4.90 Å². The van der Waals surface area contributed by atoms with E-state index in [1.54, 1.807) is 24.3 Å². The van der Waals surface area contributed by atoms with Crippen molar-refractivity contribution in [2.24, 2.45) is 0 Å². The Bertz CT molecular complexity index is 386. The number of methoxy groups -OCH3 is 1. The molecule has 0 radical (unpaired) electrons. The zero-order valence-electron chi connectivity index (χ0n) is 9.51. The quantitative estimate of drug-likeness (QED) is 0.616. The van der Waals surface area contributed by atoms with Crippen molar-refractivity contribution < 1.29 is 19.4 Å². The van der Waals surface area contributed by atoms with Crippen LogP contribution in [0, 0.1) is 0 Å². The van der Waals surface area contributed by atoms with Crippen molar-refractivity contribution in [3.8, 4) is 0 Å². The summed E-state index contributed by atoms with van der Waals surface area (Å²) >= 11 is 1.51. The Morgan fingerprint density at radius 3 is 2.47 bits per heavy atom. The van der Waals surface area contributed by atoms with Gasteiger partial charge in [-0.3, -0.25) is 4.79 Å². The van der Waals surface area contributed by atoms with Crippen molar-refractivity contribution in [2.45, 2.75) is 11.3 Å². The fourth-order valence-electron chi connectivity index (χ4n) is 1.17. The summed E-state index contributed by atoms with van der Waals surface area (Å²) in [7, 11) is 1.34. The van der Waals surface area contributed by atoms with Crippen LogP contribution in [0.1, 0.15) is 16.8 Å². The topological polar surface area (TPSA) is 63.6 Å². The lowest BCUT2D eigenvalue weighted by atomic mass is 10.2. The second-order valence-electron chi connectivity index (χ2n) is 3.31. The molecule has 0 atom stereocenters. The van der Waals surface area contributed by atoms with E-state index in [2.05, 4.69) is 4.74 Å². The van der Waals surface area contributed by atoms with Gasteiger partial charge in [0, 0.05) is 17.1 Å². The number of aliphatic hydroxyl groups is 1. The first kappa shape index (κ1) is 13.7. The highest BCUT2D eigenvalue weighted by atomic mass is 32.2. The van der Waals surface area contributed by atoms with Gasteiger partial charge in [0.15, 0.2) is 5.78 Å². The van der Waals surface area contributed by atoms with E-state index in [9.17, 15) is 9.59 Å². The summed E-state index contributed by atoms with van der Waals surface area (Å²) in [6.07, 6.45) is 0.347. The van der Waals surface area contributed by atoms with Crippen LogP contribution in [-0.2, 0) is 9.53 Å². The SMILES string of the molecule is COC(=O)c1ccc(SCCC(=O)CO)cc1. The van der Waals surface area contributed by atoms with E-state index >= 15 is 0 Å². The number of ketones is 1. The predicted molar refractivity (Wildman–Crippen MR) is 65.2 cm³/mol. The van der Waals surface area contributed by atoms with Crippen molar-refractivity contribution in [2.75, 3.05) is 19.5 Å². The number of hydrogen-bond donors (Lipinski definition) is 1. The van der Waals surface area contributed by atoms with Crippen LogP contribution in [0.5, 0.6) is 0 Å². The number of carbonyl (C=O) groups is 2. The normalized spacial score (nSPS) is 10.0. The molecule has 0 aliphatic carbocycles. The minimum atomic E-state index is -0.401. The molecule has 0 aliphatic rings. The molecule has 0 saturated carbocycles. The van der Waals surface area contributed by atoms with Gasteiger partial charge in [0.1, 0.15) is 6.61 Å². The standard InChI is InChI=1S/C12H14O4S/c1-16-12(15)9-2-4-11(5-3-9)17-7-6-10(14)8-13/h2-5,13H,6-8H2,1H3. The summed E-state index contributed by atoms with van der Waals surface area (Å²) in [6.45, 7) is -0.401. The first-order valence-corrected chi connectivity index (χ1v) is 6.09. The van der Waals surface area contributed by atoms with Gasteiger partial charge in [-0.1, -0.05) is 0 Å². The number of rotatable bonds is 6. The fraction of sp³-hybridized carbons (Fsp3) is 0.333. The van der Waals surface area contributed by atoms with Gasteiger partial charge < -0.3 is 9.84 Å². The molecule has 0 heterocycles. The highest BCUT2D eigenvalue weighted by Gasteiger charge is 2.05. The first-order valence-electron chi connectivity index (χ1n) is 5.11. The molecule has 0 aromatic heterocycles. The smallest absolute Gasteiger partial charge is 0.337 e. The molecule has 1 N–H and O–H groups in total. The molecule has 1 rings (SSSR count). The van der Waals surface area contributed by atoms with Crippen molar-refractivity contribution >= 4 is 23.5 Å². The monoisotopic (exact) mass is 254 g/mol. The Morgan fingerprint density at radius 2 is 1.94 bits per heavy atom. The van der Waals surface area contributed by atoms with Crippen LogP contribution in [0.3, 0.4) is 0 Å².